The summed E-state index contributed by atoms with van der Waals surface area (Å²) in [4.78, 5) is 11.8. The van der Waals surface area contributed by atoms with Crippen molar-refractivity contribution in [1.29, 1.82) is 0 Å². The fourth-order valence-electron chi connectivity index (χ4n) is 1.91. The highest BCUT2D eigenvalue weighted by atomic mass is 19.4. The third kappa shape index (κ3) is 2.85. The molecule has 20 heavy (non-hydrogen) atoms. The molecular formula is C14H16F3NO2. The zero-order valence-electron chi connectivity index (χ0n) is 11.0. The number of hydrogen-bond donors (Lipinski definition) is 1. The Morgan fingerprint density at radius 1 is 1.40 bits per heavy atom. The van der Waals surface area contributed by atoms with E-state index in [2.05, 4.69) is 11.3 Å². The maximum atomic E-state index is 13.3. The molecule has 0 saturated heterocycles. The fourth-order valence-corrected chi connectivity index (χ4v) is 1.91. The van der Waals surface area contributed by atoms with Crippen molar-refractivity contribution in [3.8, 4) is 0 Å². The quantitative estimate of drug-likeness (QED) is 0.669. The molecule has 1 aromatic rings. The Morgan fingerprint density at radius 2 is 1.95 bits per heavy atom. The van der Waals surface area contributed by atoms with E-state index in [9.17, 15) is 18.0 Å². The molecule has 0 aliphatic rings. The molecule has 0 aliphatic heterocycles. The normalized spacial score (nSPS) is 16.1. The van der Waals surface area contributed by atoms with Crippen LogP contribution in [0.4, 0.5) is 13.2 Å². The summed E-state index contributed by atoms with van der Waals surface area (Å²) in [6.07, 6.45) is -3.95. The third-order valence-electron chi connectivity index (χ3n) is 2.97. The number of alkyl halides is 3. The van der Waals surface area contributed by atoms with Crippen molar-refractivity contribution in [2.45, 2.75) is 24.6 Å². The van der Waals surface area contributed by atoms with Crippen molar-refractivity contribution in [2.75, 3.05) is 6.61 Å². The molecule has 6 heteroatoms. The van der Waals surface area contributed by atoms with E-state index < -0.39 is 23.6 Å². The first-order valence-electron chi connectivity index (χ1n) is 5.99. The predicted octanol–water partition coefficient (Wildman–Crippen LogP) is 2.78. The van der Waals surface area contributed by atoms with E-state index in [0.717, 1.165) is 6.08 Å². The molecule has 0 amide bonds. The average molecular weight is 287 g/mol. The van der Waals surface area contributed by atoms with Crippen LogP contribution in [0.5, 0.6) is 0 Å². The summed E-state index contributed by atoms with van der Waals surface area (Å²) in [5, 5.41) is 0. The SMILES string of the molecule is C=C[C@@H](c1ccccc1)[C@@](N)(C(=O)OCC)C(F)(F)F. The molecule has 1 rings (SSSR count). The molecule has 110 valence electrons. The number of halogens is 3. The molecule has 0 bridgehead atoms. The van der Waals surface area contributed by atoms with Crippen LogP contribution in [0.25, 0.3) is 0 Å². The molecule has 0 radical (unpaired) electrons. The van der Waals surface area contributed by atoms with Gasteiger partial charge in [0.05, 0.1) is 6.61 Å². The monoisotopic (exact) mass is 287 g/mol. The van der Waals surface area contributed by atoms with E-state index >= 15 is 0 Å². The number of ether oxygens (including phenoxy) is 1. The lowest BCUT2D eigenvalue weighted by Crippen LogP contribution is -2.63. The molecule has 0 fully saturated rings. The lowest BCUT2D eigenvalue weighted by Gasteiger charge is -2.35. The molecule has 1 aromatic carbocycles. The van der Waals surface area contributed by atoms with Gasteiger partial charge in [-0.3, -0.25) is 0 Å². The summed E-state index contributed by atoms with van der Waals surface area (Å²) in [6.45, 7) is 4.60. The van der Waals surface area contributed by atoms with Crippen LogP contribution < -0.4 is 5.73 Å². The second kappa shape index (κ2) is 6.09. The number of nitrogens with two attached hydrogens (primary N) is 1. The number of carbonyl (C=O) groups excluding carboxylic acids is 1. The second-order valence-corrected chi connectivity index (χ2v) is 4.21. The summed E-state index contributed by atoms with van der Waals surface area (Å²) in [7, 11) is 0. The Labute approximate surface area is 115 Å². The van der Waals surface area contributed by atoms with Gasteiger partial charge in [-0.05, 0) is 12.5 Å². The number of rotatable bonds is 5. The van der Waals surface area contributed by atoms with Gasteiger partial charge in [0.15, 0.2) is 0 Å². The zero-order chi connectivity index (χ0) is 15.4. The molecule has 0 saturated carbocycles. The smallest absolute Gasteiger partial charge is 0.418 e. The molecular weight excluding hydrogens is 271 g/mol. The van der Waals surface area contributed by atoms with Crippen LogP contribution in [0.15, 0.2) is 43.0 Å². The van der Waals surface area contributed by atoms with E-state index in [1.54, 1.807) is 18.2 Å². The van der Waals surface area contributed by atoms with Gasteiger partial charge in [0.1, 0.15) is 0 Å². The largest absolute Gasteiger partial charge is 0.464 e. The topological polar surface area (TPSA) is 52.3 Å². The van der Waals surface area contributed by atoms with Gasteiger partial charge < -0.3 is 10.5 Å². The van der Waals surface area contributed by atoms with Gasteiger partial charge in [0.25, 0.3) is 0 Å². The highest BCUT2D eigenvalue weighted by molar-refractivity contribution is 5.84. The van der Waals surface area contributed by atoms with Gasteiger partial charge in [-0.1, -0.05) is 36.4 Å². The Kier molecular flexibility index (Phi) is 4.94. The molecule has 0 unspecified atom stereocenters. The van der Waals surface area contributed by atoms with Crippen LogP contribution in [-0.2, 0) is 9.53 Å². The van der Waals surface area contributed by atoms with Crippen LogP contribution in [-0.4, -0.2) is 24.3 Å². The van der Waals surface area contributed by atoms with E-state index in [4.69, 9.17) is 5.73 Å². The third-order valence-corrected chi connectivity index (χ3v) is 2.97. The van der Waals surface area contributed by atoms with Gasteiger partial charge in [0, 0.05) is 5.92 Å². The van der Waals surface area contributed by atoms with Crippen molar-refractivity contribution < 1.29 is 22.7 Å². The van der Waals surface area contributed by atoms with Gasteiger partial charge in [-0.25, -0.2) is 4.79 Å². The van der Waals surface area contributed by atoms with Gasteiger partial charge in [-0.15, -0.1) is 6.58 Å². The minimum atomic E-state index is -4.96. The summed E-state index contributed by atoms with van der Waals surface area (Å²) in [5.41, 5.74) is 2.51. The zero-order valence-corrected chi connectivity index (χ0v) is 11.0. The molecule has 2 atom stereocenters. The van der Waals surface area contributed by atoms with Gasteiger partial charge in [0.2, 0.25) is 5.54 Å². The Bertz CT molecular complexity index is 473. The first kappa shape index (κ1) is 16.2. The number of esters is 1. The first-order chi connectivity index (χ1) is 9.29. The van der Waals surface area contributed by atoms with E-state index in [0.29, 0.717) is 0 Å². The van der Waals surface area contributed by atoms with Crippen molar-refractivity contribution in [3.05, 3.63) is 48.6 Å². The standard InChI is InChI=1S/C14H16F3NO2/c1-3-11(10-8-6-5-7-9-10)13(18,14(15,16)17)12(19)20-4-2/h3,5-9,11H,1,4,18H2,2H3/t11-,13+/m0/s1. The van der Waals surface area contributed by atoms with E-state index in [1.165, 1.54) is 19.1 Å². The highest BCUT2D eigenvalue weighted by Gasteiger charge is 2.63. The van der Waals surface area contributed by atoms with Crippen LogP contribution in [0, 0.1) is 0 Å². The van der Waals surface area contributed by atoms with Crippen LogP contribution in [0.3, 0.4) is 0 Å². The van der Waals surface area contributed by atoms with E-state index in [-0.39, 0.29) is 12.2 Å². The van der Waals surface area contributed by atoms with Crippen molar-refractivity contribution in [1.82, 2.24) is 0 Å². The van der Waals surface area contributed by atoms with Crippen molar-refractivity contribution in [3.63, 3.8) is 0 Å². The average Bonchev–Trinajstić information content (AvgIpc) is 2.39. The van der Waals surface area contributed by atoms with Crippen molar-refractivity contribution >= 4 is 5.97 Å². The number of hydrogen-bond acceptors (Lipinski definition) is 3. The molecule has 3 nitrogen and oxygen atoms in total. The van der Waals surface area contributed by atoms with Crippen LogP contribution in [0.2, 0.25) is 0 Å². The molecule has 2 N–H and O–H groups in total. The number of carbonyl (C=O) groups is 1. The number of benzene rings is 1. The van der Waals surface area contributed by atoms with Crippen LogP contribution >= 0.6 is 0 Å². The predicted molar refractivity (Wildman–Crippen MR) is 69.0 cm³/mol. The Hall–Kier alpha value is -1.82. The maximum absolute atomic E-state index is 13.3. The summed E-state index contributed by atoms with van der Waals surface area (Å²) in [6, 6.07) is 7.69. The minimum absolute atomic E-state index is 0.188. The lowest BCUT2D eigenvalue weighted by molar-refractivity contribution is -0.208. The van der Waals surface area contributed by atoms with Crippen LogP contribution in [0.1, 0.15) is 18.4 Å². The molecule has 0 heterocycles. The molecule has 0 spiro atoms. The highest BCUT2D eigenvalue weighted by Crippen LogP contribution is 2.41. The van der Waals surface area contributed by atoms with E-state index in [1.807, 2.05) is 0 Å². The second-order valence-electron chi connectivity index (χ2n) is 4.21. The Balaban J connectivity index is 3.36. The van der Waals surface area contributed by atoms with Gasteiger partial charge in [-0.2, -0.15) is 13.2 Å². The lowest BCUT2D eigenvalue weighted by atomic mass is 9.79. The summed E-state index contributed by atoms with van der Waals surface area (Å²) in [5.74, 6) is -2.94. The summed E-state index contributed by atoms with van der Waals surface area (Å²) < 4.78 is 44.5. The van der Waals surface area contributed by atoms with Gasteiger partial charge >= 0.3 is 12.1 Å². The Morgan fingerprint density at radius 3 is 2.35 bits per heavy atom. The molecule has 0 aromatic heterocycles. The molecule has 0 aliphatic carbocycles. The minimum Gasteiger partial charge on any atom is -0.464 e. The fraction of sp³-hybridized carbons (Fsp3) is 0.357. The first-order valence-corrected chi connectivity index (χ1v) is 5.99. The van der Waals surface area contributed by atoms with Crippen molar-refractivity contribution in [2.24, 2.45) is 5.73 Å². The summed E-state index contributed by atoms with van der Waals surface area (Å²) >= 11 is 0. The maximum Gasteiger partial charge on any atom is 0.418 e.